The number of rotatable bonds is 1. The largest absolute Gasteiger partial charge is 1.00 e. The maximum absolute atomic E-state index is 5.88. The number of hydrogen-bond donors (Lipinski definition) is 2. The molecular weight excluding hydrogens is 349 g/mol. The van der Waals surface area contributed by atoms with Crippen LogP contribution in [0, 0.1) is 0 Å². The number of nitrogen functional groups attached to an aromatic ring is 2. The molecule has 4 heteroatoms. The van der Waals surface area contributed by atoms with Crippen LogP contribution in [0.15, 0.2) is 42.5 Å². The van der Waals surface area contributed by atoms with Crippen LogP contribution in [0.5, 0.6) is 0 Å². The van der Waals surface area contributed by atoms with E-state index in [1.807, 2.05) is 24.3 Å². The minimum atomic E-state index is 0. The summed E-state index contributed by atoms with van der Waals surface area (Å²) >= 11 is 0. The zero-order valence-electron chi connectivity index (χ0n) is 10.7. The van der Waals surface area contributed by atoms with E-state index >= 15 is 0 Å². The molecule has 0 fully saturated rings. The van der Waals surface area contributed by atoms with Crippen molar-refractivity contribution in [2.24, 2.45) is 0 Å². The number of hydrogen-bond acceptors (Lipinski definition) is 2. The maximum atomic E-state index is 5.88. The van der Waals surface area contributed by atoms with Crippen LogP contribution in [0.4, 0.5) is 11.4 Å². The van der Waals surface area contributed by atoms with Crippen molar-refractivity contribution in [1.82, 2.24) is 0 Å². The first-order chi connectivity index (χ1) is 8.69. The predicted molar refractivity (Wildman–Crippen MR) is 76.1 cm³/mol. The number of halogens is 1. The monoisotopic (exact) mass is 365 g/mol. The van der Waals surface area contributed by atoms with Crippen LogP contribution in [0.25, 0.3) is 21.8 Å². The van der Waals surface area contributed by atoms with E-state index in [4.69, 9.17) is 11.5 Å². The predicted octanol–water partition coefficient (Wildman–Crippen LogP) is -0.531. The third-order valence-electron chi connectivity index (χ3n) is 3.32. The molecule has 0 atom stereocenters. The summed E-state index contributed by atoms with van der Waals surface area (Å²) in [7, 11) is 0. The van der Waals surface area contributed by atoms with Gasteiger partial charge in [-0.15, -0.1) is 0 Å². The second-order valence-corrected chi connectivity index (χ2v) is 4.53. The summed E-state index contributed by atoms with van der Waals surface area (Å²) in [4.78, 5) is 0. The summed E-state index contributed by atoms with van der Waals surface area (Å²) in [6.07, 6.45) is 0. The van der Waals surface area contributed by atoms with Crippen molar-refractivity contribution in [1.29, 1.82) is 0 Å². The summed E-state index contributed by atoms with van der Waals surface area (Å²) in [6, 6.07) is 14.2. The van der Waals surface area contributed by atoms with Crippen molar-refractivity contribution in [3.8, 4) is 0 Å². The summed E-state index contributed by atoms with van der Waals surface area (Å²) in [6.45, 7) is 3.02. The summed E-state index contributed by atoms with van der Waals surface area (Å²) in [5.41, 5.74) is 15.6. The van der Waals surface area contributed by atoms with Gasteiger partial charge in [0.2, 0.25) is 11.0 Å². The molecule has 0 radical (unpaired) electrons. The van der Waals surface area contributed by atoms with Gasteiger partial charge in [-0.3, -0.25) is 0 Å². The van der Waals surface area contributed by atoms with E-state index in [0.29, 0.717) is 0 Å². The Kier molecular flexibility index (Phi) is 3.80. The van der Waals surface area contributed by atoms with E-state index in [1.165, 1.54) is 10.8 Å². The molecule has 0 bridgehead atoms. The van der Waals surface area contributed by atoms with Gasteiger partial charge in [0.05, 0.1) is 0 Å². The Morgan fingerprint density at radius 1 is 0.842 bits per heavy atom. The van der Waals surface area contributed by atoms with Gasteiger partial charge in [0.1, 0.15) is 6.54 Å². The quantitative estimate of drug-likeness (QED) is 0.264. The molecule has 0 unspecified atom stereocenters. The molecule has 0 amide bonds. The molecule has 0 aliphatic carbocycles. The van der Waals surface area contributed by atoms with Crippen molar-refractivity contribution >= 4 is 33.2 Å². The number of benzene rings is 2. The highest BCUT2D eigenvalue weighted by Crippen LogP contribution is 2.21. The van der Waals surface area contributed by atoms with Crippen LogP contribution in [-0.2, 0) is 6.54 Å². The highest BCUT2D eigenvalue weighted by Gasteiger charge is 2.13. The Bertz CT molecular complexity index is 693. The molecule has 0 aliphatic heterocycles. The molecule has 19 heavy (non-hydrogen) atoms. The van der Waals surface area contributed by atoms with Gasteiger partial charge in [-0.1, -0.05) is 0 Å². The Morgan fingerprint density at radius 3 is 1.74 bits per heavy atom. The summed E-state index contributed by atoms with van der Waals surface area (Å²) in [5.74, 6) is 0. The molecule has 2 aromatic carbocycles. The molecule has 3 rings (SSSR count). The number of pyridine rings is 1. The molecule has 1 heterocycles. The molecule has 0 spiro atoms. The first-order valence-corrected chi connectivity index (χ1v) is 6.10. The fourth-order valence-electron chi connectivity index (χ4n) is 2.47. The fourth-order valence-corrected chi connectivity index (χ4v) is 2.47. The van der Waals surface area contributed by atoms with Gasteiger partial charge in [-0.05, 0) is 37.3 Å². The third-order valence-corrected chi connectivity index (χ3v) is 3.32. The maximum Gasteiger partial charge on any atom is 0.215 e. The standard InChI is InChI=1S/C15H15N3.HI/c1-2-18-14-8-12(16)5-3-10(14)7-11-4-6-13(17)9-15(11)18;/h3-9H,2H2,1H3,(H3,16,17);1H. The van der Waals surface area contributed by atoms with E-state index in [9.17, 15) is 0 Å². The lowest BCUT2D eigenvalue weighted by Crippen LogP contribution is -3.00. The average molecular weight is 365 g/mol. The van der Waals surface area contributed by atoms with Crippen molar-refractivity contribution < 1.29 is 28.5 Å². The van der Waals surface area contributed by atoms with Gasteiger partial charge in [-0.2, -0.15) is 4.57 Å². The molecule has 3 aromatic rings. The Hall–Kier alpha value is -1.56. The zero-order valence-corrected chi connectivity index (χ0v) is 12.9. The lowest BCUT2D eigenvalue weighted by Gasteiger charge is -2.05. The second-order valence-electron chi connectivity index (χ2n) is 4.53. The number of nitrogens with two attached hydrogens (primary N) is 2. The number of fused-ring (bicyclic) bond motifs is 2. The highest BCUT2D eigenvalue weighted by atomic mass is 127. The SMILES string of the molecule is CC[n+]1c2cc(N)ccc2cc2ccc(N)cc21.[I-]. The van der Waals surface area contributed by atoms with Gasteiger partial charge >= 0.3 is 0 Å². The van der Waals surface area contributed by atoms with Crippen LogP contribution < -0.4 is 40.0 Å². The molecule has 3 nitrogen and oxygen atoms in total. The average Bonchev–Trinajstić information content (AvgIpc) is 2.36. The molecule has 98 valence electrons. The van der Waals surface area contributed by atoms with Crippen LogP contribution in [0.3, 0.4) is 0 Å². The van der Waals surface area contributed by atoms with E-state index in [2.05, 4.69) is 29.7 Å². The third kappa shape index (κ3) is 2.32. The van der Waals surface area contributed by atoms with Crippen LogP contribution in [-0.4, -0.2) is 0 Å². The van der Waals surface area contributed by atoms with E-state index in [0.717, 1.165) is 29.0 Å². The van der Waals surface area contributed by atoms with Crippen molar-refractivity contribution in [2.45, 2.75) is 13.5 Å². The second kappa shape index (κ2) is 5.21. The first kappa shape index (κ1) is 13.9. The number of aryl methyl sites for hydroxylation is 1. The van der Waals surface area contributed by atoms with Crippen LogP contribution >= 0.6 is 0 Å². The van der Waals surface area contributed by atoms with Crippen molar-refractivity contribution in [3.05, 3.63) is 42.5 Å². The van der Waals surface area contributed by atoms with Crippen LogP contribution in [0.1, 0.15) is 6.92 Å². The number of anilines is 2. The molecule has 1 aromatic heterocycles. The molecular formula is C15H16IN3. The minimum absolute atomic E-state index is 0. The van der Waals surface area contributed by atoms with Gasteiger partial charge < -0.3 is 35.4 Å². The lowest BCUT2D eigenvalue weighted by atomic mass is 10.1. The normalized spacial score (nSPS) is 10.6. The number of aromatic nitrogens is 1. The lowest BCUT2D eigenvalue weighted by molar-refractivity contribution is -0.641. The Morgan fingerprint density at radius 2 is 1.32 bits per heavy atom. The van der Waals surface area contributed by atoms with E-state index < -0.39 is 0 Å². The fraction of sp³-hybridized carbons (Fsp3) is 0.133. The summed E-state index contributed by atoms with van der Waals surface area (Å²) < 4.78 is 2.25. The van der Waals surface area contributed by atoms with E-state index in [1.54, 1.807) is 0 Å². The molecule has 0 saturated carbocycles. The first-order valence-electron chi connectivity index (χ1n) is 6.10. The van der Waals surface area contributed by atoms with Gasteiger partial charge in [0.25, 0.3) is 0 Å². The smallest absolute Gasteiger partial charge is 0.215 e. The minimum Gasteiger partial charge on any atom is -1.00 e. The topological polar surface area (TPSA) is 55.9 Å². The Labute approximate surface area is 129 Å². The number of nitrogens with zero attached hydrogens (tertiary/aromatic N) is 1. The van der Waals surface area contributed by atoms with Crippen LogP contribution in [0.2, 0.25) is 0 Å². The molecule has 4 N–H and O–H groups in total. The van der Waals surface area contributed by atoms with E-state index in [-0.39, 0.29) is 24.0 Å². The van der Waals surface area contributed by atoms with Gasteiger partial charge in [-0.25, -0.2) is 0 Å². The Balaban J connectivity index is 0.00000133. The van der Waals surface area contributed by atoms with Gasteiger partial charge in [0, 0.05) is 34.3 Å². The van der Waals surface area contributed by atoms with Gasteiger partial charge in [0.15, 0.2) is 0 Å². The summed E-state index contributed by atoms with van der Waals surface area (Å²) in [5, 5.41) is 2.40. The molecule has 0 saturated heterocycles. The zero-order chi connectivity index (χ0) is 12.7. The van der Waals surface area contributed by atoms with Crippen molar-refractivity contribution in [3.63, 3.8) is 0 Å². The molecule has 0 aliphatic rings. The van der Waals surface area contributed by atoms with Crippen molar-refractivity contribution in [2.75, 3.05) is 11.5 Å². The highest BCUT2D eigenvalue weighted by molar-refractivity contribution is 5.91.